The van der Waals surface area contributed by atoms with Crippen LogP contribution < -0.4 is 5.73 Å². The minimum absolute atomic E-state index is 0.0245. The molecule has 86 valence electrons. The molecule has 0 amide bonds. The molecule has 1 heterocycles. The molecule has 0 aliphatic carbocycles. The topological polar surface area (TPSA) is 52.0 Å². The second-order valence-electron chi connectivity index (χ2n) is 4.74. The van der Waals surface area contributed by atoms with Crippen molar-refractivity contribution in [1.82, 2.24) is 5.16 Å². The Bertz CT molecular complexity index is 486. The van der Waals surface area contributed by atoms with Crippen LogP contribution in [0.1, 0.15) is 38.1 Å². The Kier molecular flexibility index (Phi) is 2.97. The number of fused-ring (bicyclic) bond motifs is 1. The highest BCUT2D eigenvalue weighted by atomic mass is 16.5. The highest BCUT2D eigenvalue weighted by molar-refractivity contribution is 5.82. The minimum Gasteiger partial charge on any atom is -0.356 e. The van der Waals surface area contributed by atoms with Crippen LogP contribution in [0.2, 0.25) is 0 Å². The summed E-state index contributed by atoms with van der Waals surface area (Å²) < 4.78 is 5.41. The highest BCUT2D eigenvalue weighted by Crippen LogP contribution is 2.26. The fraction of sp³-hybridized carbons (Fsp3) is 0.462. The monoisotopic (exact) mass is 218 g/mol. The van der Waals surface area contributed by atoms with Gasteiger partial charge in [0.05, 0.1) is 5.69 Å². The van der Waals surface area contributed by atoms with E-state index in [9.17, 15) is 0 Å². The summed E-state index contributed by atoms with van der Waals surface area (Å²) in [7, 11) is 0. The zero-order valence-electron chi connectivity index (χ0n) is 10.0. The molecule has 0 saturated heterocycles. The summed E-state index contributed by atoms with van der Waals surface area (Å²) in [6.45, 7) is 6.31. The number of rotatable bonds is 3. The van der Waals surface area contributed by atoms with E-state index < -0.39 is 0 Å². The van der Waals surface area contributed by atoms with Crippen molar-refractivity contribution in [2.45, 2.75) is 33.2 Å². The number of benzene rings is 1. The van der Waals surface area contributed by atoms with Gasteiger partial charge >= 0.3 is 0 Å². The molecular weight excluding hydrogens is 200 g/mol. The third kappa shape index (κ3) is 1.95. The van der Waals surface area contributed by atoms with Gasteiger partial charge in [0.2, 0.25) is 0 Å². The van der Waals surface area contributed by atoms with Crippen LogP contribution in [-0.2, 0) is 6.42 Å². The molecule has 0 spiro atoms. The van der Waals surface area contributed by atoms with Crippen LogP contribution in [0.4, 0.5) is 0 Å². The lowest BCUT2D eigenvalue weighted by molar-refractivity contribution is 0.436. The average Bonchev–Trinajstić information content (AvgIpc) is 2.60. The van der Waals surface area contributed by atoms with Crippen LogP contribution in [-0.4, -0.2) is 5.16 Å². The largest absolute Gasteiger partial charge is 0.356 e. The molecule has 2 rings (SSSR count). The molecule has 1 unspecified atom stereocenters. The summed E-state index contributed by atoms with van der Waals surface area (Å²) in [6.07, 6.45) is 0.940. The van der Waals surface area contributed by atoms with Gasteiger partial charge in [-0.15, -0.1) is 0 Å². The molecule has 16 heavy (non-hydrogen) atoms. The third-order valence-corrected chi connectivity index (χ3v) is 2.70. The number of nitrogens with two attached hydrogens (primary N) is 1. The lowest BCUT2D eigenvalue weighted by Gasteiger charge is -2.05. The van der Waals surface area contributed by atoms with E-state index in [1.165, 1.54) is 0 Å². The van der Waals surface area contributed by atoms with Gasteiger partial charge in [-0.25, -0.2) is 0 Å². The number of hydrogen-bond donors (Lipinski definition) is 1. The maximum atomic E-state index is 5.90. The van der Waals surface area contributed by atoms with E-state index in [-0.39, 0.29) is 6.04 Å². The Morgan fingerprint density at radius 3 is 2.69 bits per heavy atom. The molecule has 0 saturated carbocycles. The summed E-state index contributed by atoms with van der Waals surface area (Å²) in [5.74, 6) is 0.576. The molecular formula is C13H18N2O. The van der Waals surface area contributed by atoms with E-state index in [1.54, 1.807) is 0 Å². The van der Waals surface area contributed by atoms with Crippen molar-refractivity contribution >= 4 is 11.0 Å². The third-order valence-electron chi connectivity index (χ3n) is 2.70. The number of hydrogen-bond acceptors (Lipinski definition) is 3. The fourth-order valence-electron chi connectivity index (χ4n) is 1.93. The molecule has 2 N–H and O–H groups in total. The number of aromatic nitrogens is 1. The first kappa shape index (κ1) is 11.1. The SMILES string of the molecule is CC(C)Cc1noc2c(C(C)N)cccc12. The van der Waals surface area contributed by atoms with Crippen molar-refractivity contribution in [2.75, 3.05) is 0 Å². The number of nitrogens with zero attached hydrogens (tertiary/aromatic N) is 1. The lowest BCUT2D eigenvalue weighted by atomic mass is 10.0. The second kappa shape index (κ2) is 4.26. The van der Waals surface area contributed by atoms with Gasteiger partial charge in [0.1, 0.15) is 0 Å². The quantitative estimate of drug-likeness (QED) is 0.861. The zero-order valence-corrected chi connectivity index (χ0v) is 10.0. The van der Waals surface area contributed by atoms with E-state index in [0.717, 1.165) is 28.6 Å². The molecule has 3 nitrogen and oxygen atoms in total. The molecule has 3 heteroatoms. The van der Waals surface area contributed by atoms with Gasteiger partial charge in [0.15, 0.2) is 5.58 Å². The minimum atomic E-state index is -0.0245. The van der Waals surface area contributed by atoms with Crippen LogP contribution >= 0.6 is 0 Å². The lowest BCUT2D eigenvalue weighted by Crippen LogP contribution is -2.04. The van der Waals surface area contributed by atoms with Crippen molar-refractivity contribution in [1.29, 1.82) is 0 Å². The van der Waals surface area contributed by atoms with E-state index >= 15 is 0 Å². The van der Waals surface area contributed by atoms with Crippen LogP contribution in [0.15, 0.2) is 22.7 Å². The molecule has 0 bridgehead atoms. The van der Waals surface area contributed by atoms with Crippen LogP contribution in [0.3, 0.4) is 0 Å². The van der Waals surface area contributed by atoms with Gasteiger partial charge in [-0.3, -0.25) is 0 Å². The fourth-order valence-corrected chi connectivity index (χ4v) is 1.93. The Morgan fingerprint density at radius 2 is 2.06 bits per heavy atom. The Morgan fingerprint density at radius 1 is 1.31 bits per heavy atom. The summed E-state index contributed by atoms with van der Waals surface area (Å²) in [5, 5.41) is 5.25. The van der Waals surface area contributed by atoms with Gasteiger partial charge < -0.3 is 10.3 Å². The highest BCUT2D eigenvalue weighted by Gasteiger charge is 2.14. The first-order chi connectivity index (χ1) is 7.59. The predicted molar refractivity (Wildman–Crippen MR) is 65.2 cm³/mol. The summed E-state index contributed by atoms with van der Waals surface area (Å²) in [4.78, 5) is 0. The summed E-state index contributed by atoms with van der Waals surface area (Å²) >= 11 is 0. The number of para-hydroxylation sites is 1. The average molecular weight is 218 g/mol. The normalized spacial score (nSPS) is 13.6. The smallest absolute Gasteiger partial charge is 0.171 e. The van der Waals surface area contributed by atoms with Crippen molar-refractivity contribution in [3.63, 3.8) is 0 Å². The maximum Gasteiger partial charge on any atom is 0.171 e. The Hall–Kier alpha value is -1.35. The second-order valence-corrected chi connectivity index (χ2v) is 4.74. The van der Waals surface area contributed by atoms with E-state index in [4.69, 9.17) is 10.3 Å². The van der Waals surface area contributed by atoms with Crippen LogP contribution in [0.25, 0.3) is 11.0 Å². The predicted octanol–water partition coefficient (Wildman–Crippen LogP) is 3.05. The molecule has 2 aromatic rings. The van der Waals surface area contributed by atoms with Crippen molar-refractivity contribution in [2.24, 2.45) is 11.7 Å². The van der Waals surface area contributed by atoms with Gasteiger partial charge in [-0.2, -0.15) is 0 Å². The molecule has 1 aromatic carbocycles. The standard InChI is InChI=1S/C13H18N2O/c1-8(2)7-12-11-6-4-5-10(9(3)14)13(11)16-15-12/h4-6,8-9H,7,14H2,1-3H3. The van der Waals surface area contributed by atoms with Crippen LogP contribution in [0.5, 0.6) is 0 Å². The molecule has 1 atom stereocenters. The zero-order chi connectivity index (χ0) is 11.7. The van der Waals surface area contributed by atoms with Crippen LogP contribution in [0, 0.1) is 5.92 Å². The van der Waals surface area contributed by atoms with Gasteiger partial charge in [0.25, 0.3) is 0 Å². The van der Waals surface area contributed by atoms with Gasteiger partial charge in [-0.05, 0) is 25.3 Å². The molecule has 0 aliphatic heterocycles. The van der Waals surface area contributed by atoms with Crippen molar-refractivity contribution in [3.8, 4) is 0 Å². The van der Waals surface area contributed by atoms with Gasteiger partial charge in [0, 0.05) is 17.0 Å². The van der Waals surface area contributed by atoms with E-state index in [2.05, 4.69) is 25.1 Å². The van der Waals surface area contributed by atoms with Crippen molar-refractivity contribution < 1.29 is 4.52 Å². The Balaban J connectivity index is 2.52. The van der Waals surface area contributed by atoms with Gasteiger partial charge in [-0.1, -0.05) is 31.1 Å². The summed E-state index contributed by atoms with van der Waals surface area (Å²) in [5.41, 5.74) is 8.81. The maximum absolute atomic E-state index is 5.90. The Labute approximate surface area is 95.6 Å². The molecule has 1 aromatic heterocycles. The van der Waals surface area contributed by atoms with Crippen molar-refractivity contribution in [3.05, 3.63) is 29.5 Å². The summed E-state index contributed by atoms with van der Waals surface area (Å²) in [6, 6.07) is 6.04. The first-order valence-electron chi connectivity index (χ1n) is 5.72. The van der Waals surface area contributed by atoms with E-state index in [0.29, 0.717) is 5.92 Å². The van der Waals surface area contributed by atoms with E-state index in [1.807, 2.05) is 19.1 Å². The molecule has 0 radical (unpaired) electrons. The molecule has 0 aliphatic rings. The first-order valence-corrected chi connectivity index (χ1v) is 5.72. The molecule has 0 fully saturated rings.